The van der Waals surface area contributed by atoms with E-state index < -0.39 is 5.97 Å². The third kappa shape index (κ3) is 3.07. The second-order valence-electron chi connectivity index (χ2n) is 6.69. The van der Waals surface area contributed by atoms with E-state index >= 15 is 0 Å². The summed E-state index contributed by atoms with van der Waals surface area (Å²) < 4.78 is 0. The van der Waals surface area contributed by atoms with E-state index in [4.69, 9.17) is 5.11 Å². The number of nitrogens with one attached hydrogen (secondary N) is 1. The van der Waals surface area contributed by atoms with Crippen molar-refractivity contribution in [1.29, 1.82) is 0 Å². The van der Waals surface area contributed by atoms with E-state index in [9.17, 15) is 9.59 Å². The van der Waals surface area contributed by atoms with E-state index in [1.54, 1.807) is 0 Å². The standard InChI is InChI=1S/C15H24N2O3/c18-14(19)9-11-7-12-3-4-13(8-11)17(12)15(20)16-6-5-10-1-2-10/h10-13H,1-9H2,(H,16,20)(H,18,19). The normalized spacial score (nSPS) is 32.2. The van der Waals surface area contributed by atoms with Crippen LogP contribution in [0.5, 0.6) is 0 Å². The minimum absolute atomic E-state index is 0.0759. The number of fused-ring (bicyclic) bond motifs is 2. The topological polar surface area (TPSA) is 69.6 Å². The first-order valence-electron chi connectivity index (χ1n) is 7.91. The predicted octanol–water partition coefficient (Wildman–Crippen LogP) is 2.21. The number of urea groups is 1. The molecule has 1 saturated carbocycles. The van der Waals surface area contributed by atoms with E-state index in [2.05, 4.69) is 5.32 Å². The molecule has 2 saturated heterocycles. The van der Waals surface area contributed by atoms with Crippen molar-refractivity contribution in [2.24, 2.45) is 11.8 Å². The van der Waals surface area contributed by atoms with Crippen LogP contribution in [0.1, 0.15) is 51.4 Å². The molecule has 5 heteroatoms. The van der Waals surface area contributed by atoms with Gasteiger partial charge in [0.15, 0.2) is 0 Å². The summed E-state index contributed by atoms with van der Waals surface area (Å²) in [6.45, 7) is 0.790. The van der Waals surface area contributed by atoms with Gasteiger partial charge < -0.3 is 15.3 Å². The van der Waals surface area contributed by atoms with Crippen LogP contribution in [-0.4, -0.2) is 40.6 Å². The number of aliphatic carboxylic acids is 1. The lowest BCUT2D eigenvalue weighted by atomic mass is 9.88. The third-order valence-corrected chi connectivity index (χ3v) is 5.05. The average Bonchev–Trinajstić information content (AvgIpc) is 3.14. The molecular formula is C15H24N2O3. The molecular weight excluding hydrogens is 256 g/mol. The maximum absolute atomic E-state index is 12.3. The zero-order valence-electron chi connectivity index (χ0n) is 11.9. The van der Waals surface area contributed by atoms with Gasteiger partial charge in [-0.15, -0.1) is 0 Å². The van der Waals surface area contributed by atoms with Crippen molar-refractivity contribution >= 4 is 12.0 Å². The summed E-state index contributed by atoms with van der Waals surface area (Å²) in [6, 6.07) is 0.602. The first-order valence-corrected chi connectivity index (χ1v) is 7.91. The highest BCUT2D eigenvalue weighted by atomic mass is 16.4. The highest BCUT2D eigenvalue weighted by Gasteiger charge is 2.43. The van der Waals surface area contributed by atoms with Crippen LogP contribution in [0.15, 0.2) is 0 Å². The molecule has 2 amide bonds. The molecule has 0 aromatic rings. The number of piperidine rings is 1. The Labute approximate surface area is 119 Å². The third-order valence-electron chi connectivity index (χ3n) is 5.05. The Balaban J connectivity index is 1.50. The molecule has 3 aliphatic rings. The molecule has 112 valence electrons. The molecule has 0 spiro atoms. The van der Waals surface area contributed by atoms with E-state index in [-0.39, 0.29) is 30.5 Å². The smallest absolute Gasteiger partial charge is 0.317 e. The van der Waals surface area contributed by atoms with Gasteiger partial charge >= 0.3 is 12.0 Å². The zero-order valence-corrected chi connectivity index (χ0v) is 11.9. The summed E-state index contributed by atoms with van der Waals surface area (Å²) in [5.74, 6) is 0.380. The van der Waals surface area contributed by atoms with Gasteiger partial charge in [-0.3, -0.25) is 4.79 Å². The van der Waals surface area contributed by atoms with E-state index in [0.29, 0.717) is 0 Å². The number of carbonyl (C=O) groups excluding carboxylic acids is 1. The molecule has 3 rings (SSSR count). The molecule has 3 fully saturated rings. The Morgan fingerprint density at radius 2 is 1.70 bits per heavy atom. The fourth-order valence-electron chi connectivity index (χ4n) is 3.92. The Morgan fingerprint density at radius 1 is 1.05 bits per heavy atom. The molecule has 2 unspecified atom stereocenters. The molecule has 0 aromatic carbocycles. The molecule has 5 nitrogen and oxygen atoms in total. The fraction of sp³-hybridized carbons (Fsp3) is 0.867. The molecule has 20 heavy (non-hydrogen) atoms. The summed E-state index contributed by atoms with van der Waals surface area (Å²) in [6.07, 6.45) is 7.80. The van der Waals surface area contributed by atoms with Crippen molar-refractivity contribution in [2.45, 2.75) is 63.5 Å². The number of amides is 2. The summed E-state index contributed by atoms with van der Waals surface area (Å²) in [4.78, 5) is 25.1. The van der Waals surface area contributed by atoms with Crippen LogP contribution in [0, 0.1) is 11.8 Å². The molecule has 1 aliphatic carbocycles. The monoisotopic (exact) mass is 280 g/mol. The van der Waals surface area contributed by atoms with Crippen LogP contribution in [0.3, 0.4) is 0 Å². The van der Waals surface area contributed by atoms with Crippen molar-refractivity contribution in [3.63, 3.8) is 0 Å². The molecule has 2 aliphatic heterocycles. The minimum Gasteiger partial charge on any atom is -0.481 e. The summed E-state index contributed by atoms with van der Waals surface area (Å²) in [5, 5.41) is 12.0. The number of rotatable bonds is 5. The van der Waals surface area contributed by atoms with Gasteiger partial charge in [-0.25, -0.2) is 4.79 Å². The first kappa shape index (κ1) is 13.7. The lowest BCUT2D eigenvalue weighted by molar-refractivity contribution is -0.138. The van der Waals surface area contributed by atoms with Crippen molar-refractivity contribution in [1.82, 2.24) is 10.2 Å². The number of carboxylic acids is 1. The average molecular weight is 280 g/mol. The Morgan fingerprint density at radius 3 is 2.25 bits per heavy atom. The molecule has 2 atom stereocenters. The van der Waals surface area contributed by atoms with Gasteiger partial charge in [0.1, 0.15) is 0 Å². The molecule has 2 N–H and O–H groups in total. The van der Waals surface area contributed by atoms with Crippen LogP contribution in [-0.2, 0) is 4.79 Å². The Bertz CT molecular complexity index is 381. The lowest BCUT2D eigenvalue weighted by Crippen LogP contribution is -2.51. The van der Waals surface area contributed by atoms with E-state index in [1.165, 1.54) is 12.8 Å². The van der Waals surface area contributed by atoms with Crippen LogP contribution < -0.4 is 5.32 Å². The molecule has 0 radical (unpaired) electrons. The first-order chi connectivity index (χ1) is 9.63. The van der Waals surface area contributed by atoms with Gasteiger partial charge in [0.2, 0.25) is 0 Å². The lowest BCUT2D eigenvalue weighted by Gasteiger charge is -2.38. The van der Waals surface area contributed by atoms with Gasteiger partial charge in [0, 0.05) is 25.0 Å². The van der Waals surface area contributed by atoms with Gasteiger partial charge in [-0.05, 0) is 43.9 Å². The predicted molar refractivity (Wildman–Crippen MR) is 74.4 cm³/mol. The Hall–Kier alpha value is -1.26. The Kier molecular flexibility index (Phi) is 3.85. The minimum atomic E-state index is -0.711. The van der Waals surface area contributed by atoms with Gasteiger partial charge in [0.05, 0.1) is 0 Å². The van der Waals surface area contributed by atoms with Crippen LogP contribution in [0.25, 0.3) is 0 Å². The maximum atomic E-state index is 12.3. The largest absolute Gasteiger partial charge is 0.481 e. The fourth-order valence-corrected chi connectivity index (χ4v) is 3.92. The molecule has 2 bridgehead atoms. The van der Waals surface area contributed by atoms with Gasteiger partial charge in [-0.1, -0.05) is 12.8 Å². The second-order valence-corrected chi connectivity index (χ2v) is 6.69. The second kappa shape index (κ2) is 5.62. The highest BCUT2D eigenvalue weighted by Crippen LogP contribution is 2.40. The van der Waals surface area contributed by atoms with Crippen molar-refractivity contribution < 1.29 is 14.7 Å². The SMILES string of the molecule is O=C(O)CC1CC2CCC(C1)N2C(=O)NCCC1CC1. The van der Waals surface area contributed by atoms with Gasteiger partial charge in [0.25, 0.3) is 0 Å². The van der Waals surface area contributed by atoms with Crippen LogP contribution >= 0.6 is 0 Å². The molecule has 0 aromatic heterocycles. The van der Waals surface area contributed by atoms with Crippen LogP contribution in [0.4, 0.5) is 4.79 Å². The highest BCUT2D eigenvalue weighted by molar-refractivity contribution is 5.75. The van der Waals surface area contributed by atoms with Crippen LogP contribution in [0.2, 0.25) is 0 Å². The quantitative estimate of drug-likeness (QED) is 0.811. The number of hydrogen-bond acceptors (Lipinski definition) is 2. The summed E-state index contributed by atoms with van der Waals surface area (Å²) in [7, 11) is 0. The van der Waals surface area contributed by atoms with Crippen molar-refractivity contribution in [3.05, 3.63) is 0 Å². The number of hydrogen-bond donors (Lipinski definition) is 2. The summed E-state index contributed by atoms with van der Waals surface area (Å²) >= 11 is 0. The number of nitrogens with zero attached hydrogens (tertiary/aromatic N) is 1. The number of carbonyl (C=O) groups is 2. The summed E-state index contributed by atoms with van der Waals surface area (Å²) in [5.41, 5.74) is 0. The van der Waals surface area contributed by atoms with E-state index in [0.717, 1.165) is 44.6 Å². The maximum Gasteiger partial charge on any atom is 0.317 e. The van der Waals surface area contributed by atoms with E-state index in [1.807, 2.05) is 4.90 Å². The van der Waals surface area contributed by atoms with Crippen molar-refractivity contribution in [3.8, 4) is 0 Å². The zero-order chi connectivity index (χ0) is 14.1. The van der Waals surface area contributed by atoms with Gasteiger partial charge in [-0.2, -0.15) is 0 Å². The number of carboxylic acid groups (broad SMARTS) is 1. The molecule has 2 heterocycles. The van der Waals surface area contributed by atoms with Crippen molar-refractivity contribution in [2.75, 3.05) is 6.54 Å².